The molecule has 1 aromatic carbocycles. The Kier molecular flexibility index (Phi) is 4.41. The third-order valence-electron chi connectivity index (χ3n) is 2.34. The third-order valence-corrected chi connectivity index (χ3v) is 2.34. The van der Waals surface area contributed by atoms with Crippen molar-refractivity contribution in [2.75, 3.05) is 0 Å². The van der Waals surface area contributed by atoms with Gasteiger partial charge in [0.2, 0.25) is 0 Å². The average molecular weight is 204 g/mol. The number of hydrogen-bond acceptors (Lipinski definition) is 1. The van der Waals surface area contributed by atoms with E-state index in [1.807, 2.05) is 12.1 Å². The molecule has 0 N–H and O–H groups in total. The minimum absolute atomic E-state index is 0.287. The Hall–Kier alpha value is -1.24. The second-order valence-electron chi connectivity index (χ2n) is 4.00. The van der Waals surface area contributed by atoms with Crippen LogP contribution in [0.3, 0.4) is 0 Å². The van der Waals surface area contributed by atoms with Crippen LogP contribution in [0.4, 0.5) is 0 Å². The van der Waals surface area contributed by atoms with Crippen LogP contribution in [0.15, 0.2) is 24.8 Å². The van der Waals surface area contributed by atoms with Crippen molar-refractivity contribution in [3.8, 4) is 5.75 Å². The molecule has 1 aromatic rings. The van der Waals surface area contributed by atoms with Crippen molar-refractivity contribution in [2.24, 2.45) is 0 Å². The SMILES string of the molecule is C=Cc1cc(C)cc(OC(C)CCC)c1. The monoisotopic (exact) mass is 204 g/mol. The third kappa shape index (κ3) is 3.78. The molecule has 0 radical (unpaired) electrons. The molecule has 15 heavy (non-hydrogen) atoms. The van der Waals surface area contributed by atoms with Crippen molar-refractivity contribution in [3.05, 3.63) is 35.9 Å². The van der Waals surface area contributed by atoms with Crippen LogP contribution < -0.4 is 4.74 Å². The second kappa shape index (κ2) is 5.59. The van der Waals surface area contributed by atoms with Gasteiger partial charge in [0.15, 0.2) is 0 Å². The van der Waals surface area contributed by atoms with Crippen molar-refractivity contribution >= 4 is 6.08 Å². The fourth-order valence-corrected chi connectivity index (χ4v) is 1.66. The van der Waals surface area contributed by atoms with Crippen LogP contribution in [-0.4, -0.2) is 6.10 Å². The van der Waals surface area contributed by atoms with Gasteiger partial charge in [0.1, 0.15) is 5.75 Å². The molecular weight excluding hydrogens is 184 g/mol. The molecule has 0 fully saturated rings. The Morgan fingerprint density at radius 2 is 2.13 bits per heavy atom. The normalized spacial score (nSPS) is 12.2. The molecule has 1 atom stereocenters. The predicted molar refractivity (Wildman–Crippen MR) is 66.3 cm³/mol. The summed E-state index contributed by atoms with van der Waals surface area (Å²) in [6, 6.07) is 6.20. The molecule has 0 aliphatic carbocycles. The van der Waals surface area contributed by atoms with Crippen LogP contribution in [0.5, 0.6) is 5.75 Å². The molecule has 1 nitrogen and oxygen atoms in total. The van der Waals surface area contributed by atoms with Gasteiger partial charge in [-0.1, -0.05) is 32.1 Å². The van der Waals surface area contributed by atoms with Crippen LogP contribution in [0.2, 0.25) is 0 Å². The summed E-state index contributed by atoms with van der Waals surface area (Å²) in [5.41, 5.74) is 2.33. The highest BCUT2D eigenvalue weighted by molar-refractivity contribution is 5.51. The van der Waals surface area contributed by atoms with Crippen molar-refractivity contribution in [2.45, 2.75) is 39.7 Å². The first-order valence-electron chi connectivity index (χ1n) is 5.56. The highest BCUT2D eigenvalue weighted by atomic mass is 16.5. The van der Waals surface area contributed by atoms with Gasteiger partial charge in [0.25, 0.3) is 0 Å². The van der Waals surface area contributed by atoms with E-state index in [0.717, 1.165) is 24.2 Å². The minimum Gasteiger partial charge on any atom is -0.491 e. The highest BCUT2D eigenvalue weighted by Gasteiger charge is 2.03. The van der Waals surface area contributed by atoms with Crippen LogP contribution in [0.1, 0.15) is 37.8 Å². The van der Waals surface area contributed by atoms with Crippen LogP contribution in [-0.2, 0) is 0 Å². The summed E-state index contributed by atoms with van der Waals surface area (Å²) in [7, 11) is 0. The summed E-state index contributed by atoms with van der Waals surface area (Å²) in [6.45, 7) is 10.1. The van der Waals surface area contributed by atoms with Crippen LogP contribution in [0, 0.1) is 6.92 Å². The summed E-state index contributed by atoms with van der Waals surface area (Å²) >= 11 is 0. The zero-order chi connectivity index (χ0) is 11.3. The summed E-state index contributed by atoms with van der Waals surface area (Å²) in [6.07, 6.45) is 4.39. The summed E-state index contributed by atoms with van der Waals surface area (Å²) < 4.78 is 5.83. The molecule has 82 valence electrons. The molecule has 0 amide bonds. The molecule has 1 heteroatoms. The van der Waals surface area contributed by atoms with E-state index in [-0.39, 0.29) is 6.10 Å². The number of hydrogen-bond donors (Lipinski definition) is 0. The van der Waals surface area contributed by atoms with Gasteiger partial charge in [-0.3, -0.25) is 0 Å². The zero-order valence-electron chi connectivity index (χ0n) is 9.92. The maximum Gasteiger partial charge on any atom is 0.120 e. The van der Waals surface area contributed by atoms with Crippen molar-refractivity contribution in [1.82, 2.24) is 0 Å². The van der Waals surface area contributed by atoms with E-state index in [2.05, 4.69) is 39.5 Å². The lowest BCUT2D eigenvalue weighted by molar-refractivity contribution is 0.210. The predicted octanol–water partition coefficient (Wildman–Crippen LogP) is 4.21. The number of aryl methyl sites for hydroxylation is 1. The summed E-state index contributed by atoms with van der Waals surface area (Å²) in [4.78, 5) is 0. The van der Waals surface area contributed by atoms with E-state index < -0.39 is 0 Å². The molecule has 0 saturated carbocycles. The number of benzene rings is 1. The minimum atomic E-state index is 0.287. The zero-order valence-corrected chi connectivity index (χ0v) is 9.92. The van der Waals surface area contributed by atoms with E-state index in [1.54, 1.807) is 0 Å². The lowest BCUT2D eigenvalue weighted by Gasteiger charge is -2.14. The molecule has 0 saturated heterocycles. The van der Waals surface area contributed by atoms with Gasteiger partial charge in [-0.05, 0) is 43.5 Å². The molecule has 0 spiro atoms. The average Bonchev–Trinajstić information content (AvgIpc) is 2.17. The molecule has 0 aromatic heterocycles. The van der Waals surface area contributed by atoms with E-state index in [9.17, 15) is 0 Å². The van der Waals surface area contributed by atoms with Gasteiger partial charge in [-0.2, -0.15) is 0 Å². The fraction of sp³-hybridized carbons (Fsp3) is 0.429. The Bertz CT molecular complexity index is 328. The first-order valence-corrected chi connectivity index (χ1v) is 5.56. The van der Waals surface area contributed by atoms with E-state index in [4.69, 9.17) is 4.74 Å². The van der Waals surface area contributed by atoms with E-state index in [1.165, 1.54) is 5.56 Å². The quantitative estimate of drug-likeness (QED) is 0.698. The molecule has 0 aliphatic rings. The maximum atomic E-state index is 5.83. The standard InChI is InChI=1S/C14H20O/c1-5-7-12(4)15-14-9-11(3)8-13(6-2)10-14/h6,8-10,12H,2,5,7H2,1,3-4H3. The maximum absolute atomic E-state index is 5.83. The van der Waals surface area contributed by atoms with Gasteiger partial charge < -0.3 is 4.74 Å². The van der Waals surface area contributed by atoms with Gasteiger partial charge in [-0.15, -0.1) is 0 Å². The summed E-state index contributed by atoms with van der Waals surface area (Å²) in [5.74, 6) is 0.950. The molecule has 0 aliphatic heterocycles. The van der Waals surface area contributed by atoms with Crippen molar-refractivity contribution in [3.63, 3.8) is 0 Å². The van der Waals surface area contributed by atoms with Gasteiger partial charge in [0.05, 0.1) is 6.10 Å². The number of rotatable bonds is 5. The summed E-state index contributed by atoms with van der Waals surface area (Å²) in [5, 5.41) is 0. The van der Waals surface area contributed by atoms with Gasteiger partial charge in [0, 0.05) is 0 Å². The first-order chi connectivity index (χ1) is 7.15. The Balaban J connectivity index is 2.76. The van der Waals surface area contributed by atoms with Crippen molar-refractivity contribution in [1.29, 1.82) is 0 Å². The van der Waals surface area contributed by atoms with Gasteiger partial charge in [-0.25, -0.2) is 0 Å². The highest BCUT2D eigenvalue weighted by Crippen LogP contribution is 2.19. The van der Waals surface area contributed by atoms with Crippen molar-refractivity contribution < 1.29 is 4.74 Å². The van der Waals surface area contributed by atoms with E-state index >= 15 is 0 Å². The topological polar surface area (TPSA) is 9.23 Å². The molecule has 1 rings (SSSR count). The van der Waals surface area contributed by atoms with E-state index in [0.29, 0.717) is 0 Å². The number of ether oxygens (including phenoxy) is 1. The second-order valence-corrected chi connectivity index (χ2v) is 4.00. The van der Waals surface area contributed by atoms with Crippen LogP contribution in [0.25, 0.3) is 6.08 Å². The van der Waals surface area contributed by atoms with Gasteiger partial charge >= 0.3 is 0 Å². The molecule has 1 unspecified atom stereocenters. The fourth-order valence-electron chi connectivity index (χ4n) is 1.66. The molecular formula is C14H20O. The first kappa shape index (κ1) is 11.8. The largest absolute Gasteiger partial charge is 0.491 e. The van der Waals surface area contributed by atoms with Crippen LogP contribution >= 0.6 is 0 Å². The smallest absolute Gasteiger partial charge is 0.120 e. The molecule has 0 heterocycles. The Labute approximate surface area is 92.8 Å². The Morgan fingerprint density at radius 1 is 1.40 bits per heavy atom. The Morgan fingerprint density at radius 3 is 2.73 bits per heavy atom. The lowest BCUT2D eigenvalue weighted by Crippen LogP contribution is -2.11. The molecule has 0 bridgehead atoms. The lowest BCUT2D eigenvalue weighted by atomic mass is 10.1.